The van der Waals surface area contributed by atoms with Gasteiger partial charge in [0.05, 0.1) is 31.1 Å². The smallest absolute Gasteiger partial charge is 0.340 e. The van der Waals surface area contributed by atoms with Crippen LogP contribution in [0.1, 0.15) is 18.2 Å². The first-order valence-electron chi connectivity index (χ1n) is 7.62. The van der Waals surface area contributed by atoms with Crippen molar-refractivity contribution in [3.8, 4) is 0 Å². The average molecular weight is 341 g/mol. The zero-order chi connectivity index (χ0) is 18.0. The summed E-state index contributed by atoms with van der Waals surface area (Å²) in [5.74, 6) is -0.709. The number of methoxy groups -OCH3 is 1. The Labute approximate surface area is 144 Å². The number of hydrogen-bond donors (Lipinski definition) is 0. The lowest BCUT2D eigenvalue weighted by Gasteiger charge is -2.16. The van der Waals surface area contributed by atoms with Gasteiger partial charge in [-0.1, -0.05) is 12.1 Å². The number of allylic oxidation sites excluding steroid dienone is 1. The number of furan rings is 1. The molecule has 0 saturated heterocycles. The Morgan fingerprint density at radius 2 is 2.00 bits per heavy atom. The first-order valence-corrected chi connectivity index (χ1v) is 7.62. The molecule has 2 heterocycles. The minimum Gasteiger partial charge on any atom is -0.467 e. The maximum atomic E-state index is 13.1. The summed E-state index contributed by atoms with van der Waals surface area (Å²) >= 11 is 0. The van der Waals surface area contributed by atoms with Crippen molar-refractivity contribution in [2.75, 3.05) is 7.11 Å². The zero-order valence-corrected chi connectivity index (χ0v) is 13.8. The SMILES string of the molecule is COC(=O)C1=C(C)N(Cc2ccco2)C(=O)/C1=C\c1ccc(F)cc1. The number of hydrogen-bond acceptors (Lipinski definition) is 4. The quantitative estimate of drug-likeness (QED) is 0.632. The van der Waals surface area contributed by atoms with Crippen LogP contribution >= 0.6 is 0 Å². The van der Waals surface area contributed by atoms with Crippen molar-refractivity contribution in [2.45, 2.75) is 13.5 Å². The number of ether oxygens (including phenoxy) is 1. The molecule has 1 aromatic carbocycles. The van der Waals surface area contributed by atoms with Crippen LogP contribution in [-0.4, -0.2) is 23.9 Å². The van der Waals surface area contributed by atoms with Crippen LogP contribution in [0.3, 0.4) is 0 Å². The Hall–Kier alpha value is -3.15. The van der Waals surface area contributed by atoms with Crippen molar-refractivity contribution < 1.29 is 23.1 Å². The summed E-state index contributed by atoms with van der Waals surface area (Å²) in [6.07, 6.45) is 3.07. The van der Waals surface area contributed by atoms with Gasteiger partial charge in [-0.05, 0) is 42.8 Å². The van der Waals surface area contributed by atoms with E-state index in [1.807, 2.05) is 0 Å². The monoisotopic (exact) mass is 341 g/mol. The molecule has 0 N–H and O–H groups in total. The van der Waals surface area contributed by atoms with E-state index >= 15 is 0 Å². The highest BCUT2D eigenvalue weighted by Crippen LogP contribution is 2.32. The van der Waals surface area contributed by atoms with Gasteiger partial charge in [-0.25, -0.2) is 9.18 Å². The van der Waals surface area contributed by atoms with E-state index < -0.39 is 5.97 Å². The molecule has 2 aromatic rings. The van der Waals surface area contributed by atoms with Crippen molar-refractivity contribution >= 4 is 18.0 Å². The van der Waals surface area contributed by atoms with Gasteiger partial charge in [0.25, 0.3) is 5.91 Å². The summed E-state index contributed by atoms with van der Waals surface area (Å²) in [4.78, 5) is 26.5. The van der Waals surface area contributed by atoms with Gasteiger partial charge in [0.2, 0.25) is 0 Å². The van der Waals surface area contributed by atoms with E-state index in [2.05, 4.69) is 0 Å². The van der Waals surface area contributed by atoms with Gasteiger partial charge in [-0.2, -0.15) is 0 Å². The fourth-order valence-corrected chi connectivity index (χ4v) is 2.70. The number of carbonyl (C=O) groups excluding carboxylic acids is 2. The molecule has 0 aliphatic carbocycles. The van der Waals surface area contributed by atoms with E-state index in [1.54, 1.807) is 25.1 Å². The molecule has 1 aliphatic heterocycles. The van der Waals surface area contributed by atoms with Crippen molar-refractivity contribution in [1.29, 1.82) is 0 Å². The first kappa shape index (κ1) is 16.7. The molecule has 0 atom stereocenters. The summed E-state index contributed by atoms with van der Waals surface area (Å²) in [5, 5.41) is 0. The number of benzene rings is 1. The van der Waals surface area contributed by atoms with Crippen molar-refractivity contribution in [1.82, 2.24) is 4.90 Å². The minimum absolute atomic E-state index is 0.198. The van der Waals surface area contributed by atoms with Gasteiger partial charge >= 0.3 is 5.97 Å². The summed E-state index contributed by atoms with van der Waals surface area (Å²) in [5.41, 5.74) is 1.51. The third-order valence-corrected chi connectivity index (χ3v) is 3.98. The van der Waals surface area contributed by atoms with Crippen LogP contribution in [0.5, 0.6) is 0 Å². The predicted molar refractivity (Wildman–Crippen MR) is 88.4 cm³/mol. The second kappa shape index (κ2) is 6.76. The minimum atomic E-state index is -0.596. The number of nitrogens with zero attached hydrogens (tertiary/aromatic N) is 1. The lowest BCUT2D eigenvalue weighted by molar-refractivity contribution is -0.136. The maximum absolute atomic E-state index is 13.1. The number of esters is 1. The number of rotatable bonds is 4. The van der Waals surface area contributed by atoms with E-state index in [9.17, 15) is 14.0 Å². The van der Waals surface area contributed by atoms with E-state index in [-0.39, 0.29) is 29.4 Å². The third kappa shape index (κ3) is 3.24. The normalized spacial score (nSPS) is 16.0. The fraction of sp³-hybridized carbons (Fsp3) is 0.158. The van der Waals surface area contributed by atoms with Crippen LogP contribution < -0.4 is 0 Å². The molecule has 0 saturated carbocycles. The van der Waals surface area contributed by atoms with E-state index in [1.165, 1.54) is 42.5 Å². The van der Waals surface area contributed by atoms with Crippen LogP contribution in [0.2, 0.25) is 0 Å². The number of halogens is 1. The molecular weight excluding hydrogens is 325 g/mol. The lowest BCUT2D eigenvalue weighted by atomic mass is 10.0. The molecule has 6 heteroatoms. The average Bonchev–Trinajstić information content (AvgIpc) is 3.19. The molecule has 0 unspecified atom stereocenters. The summed E-state index contributed by atoms with van der Waals surface area (Å²) in [6.45, 7) is 1.89. The Morgan fingerprint density at radius 1 is 1.28 bits per heavy atom. The van der Waals surface area contributed by atoms with Crippen LogP contribution in [0, 0.1) is 5.82 Å². The summed E-state index contributed by atoms with van der Waals surface area (Å²) in [7, 11) is 1.26. The highest BCUT2D eigenvalue weighted by Gasteiger charge is 2.37. The highest BCUT2D eigenvalue weighted by atomic mass is 19.1. The highest BCUT2D eigenvalue weighted by molar-refractivity contribution is 6.16. The molecule has 0 fully saturated rings. The second-order valence-corrected chi connectivity index (χ2v) is 5.53. The lowest BCUT2D eigenvalue weighted by Crippen LogP contribution is -2.24. The first-order chi connectivity index (χ1) is 12.0. The molecule has 128 valence electrons. The van der Waals surface area contributed by atoms with Crippen molar-refractivity contribution in [3.05, 3.63) is 76.6 Å². The molecule has 3 rings (SSSR count). The van der Waals surface area contributed by atoms with Crippen LogP contribution in [0.4, 0.5) is 4.39 Å². The molecule has 1 aliphatic rings. The number of carbonyl (C=O) groups is 2. The van der Waals surface area contributed by atoms with Gasteiger partial charge in [0.1, 0.15) is 11.6 Å². The van der Waals surface area contributed by atoms with Crippen LogP contribution in [0.25, 0.3) is 6.08 Å². The maximum Gasteiger partial charge on any atom is 0.340 e. The van der Waals surface area contributed by atoms with Crippen LogP contribution in [0.15, 0.2) is 63.9 Å². The molecule has 5 nitrogen and oxygen atoms in total. The van der Waals surface area contributed by atoms with Crippen LogP contribution in [-0.2, 0) is 20.9 Å². The molecule has 0 radical (unpaired) electrons. The van der Waals surface area contributed by atoms with Gasteiger partial charge in [0.15, 0.2) is 0 Å². The van der Waals surface area contributed by atoms with E-state index in [0.717, 1.165) is 0 Å². The largest absolute Gasteiger partial charge is 0.467 e. The van der Waals surface area contributed by atoms with Gasteiger partial charge < -0.3 is 14.1 Å². The van der Waals surface area contributed by atoms with Gasteiger partial charge in [0, 0.05) is 5.70 Å². The Morgan fingerprint density at radius 3 is 2.60 bits per heavy atom. The molecule has 25 heavy (non-hydrogen) atoms. The number of amides is 1. The standard InChI is InChI=1S/C19H16FNO4/c1-12-17(19(23)24-2)16(10-13-5-7-14(20)8-6-13)18(22)21(12)11-15-4-3-9-25-15/h3-10H,11H2,1-2H3/b16-10-. The third-order valence-electron chi connectivity index (χ3n) is 3.98. The molecule has 0 bridgehead atoms. The zero-order valence-electron chi connectivity index (χ0n) is 13.8. The molecule has 1 amide bonds. The van der Waals surface area contributed by atoms with Crippen molar-refractivity contribution in [2.24, 2.45) is 0 Å². The summed E-state index contributed by atoms with van der Waals surface area (Å²) in [6, 6.07) is 9.14. The topological polar surface area (TPSA) is 59.8 Å². The van der Waals surface area contributed by atoms with Gasteiger partial charge in [-0.15, -0.1) is 0 Å². The molecule has 1 aromatic heterocycles. The van der Waals surface area contributed by atoms with E-state index in [4.69, 9.17) is 9.15 Å². The fourth-order valence-electron chi connectivity index (χ4n) is 2.70. The van der Waals surface area contributed by atoms with Gasteiger partial charge in [-0.3, -0.25) is 4.79 Å². The predicted octanol–water partition coefficient (Wildman–Crippen LogP) is 3.29. The van der Waals surface area contributed by atoms with E-state index in [0.29, 0.717) is 17.0 Å². The van der Waals surface area contributed by atoms with Crippen molar-refractivity contribution in [3.63, 3.8) is 0 Å². The second-order valence-electron chi connectivity index (χ2n) is 5.53. The molecular formula is C19H16FNO4. The Balaban J connectivity index is 2.02. The Bertz CT molecular complexity index is 863. The molecule has 0 spiro atoms. The Kier molecular flexibility index (Phi) is 4.52. The summed E-state index contributed by atoms with van der Waals surface area (Å²) < 4.78 is 23.2.